The summed E-state index contributed by atoms with van der Waals surface area (Å²) < 4.78 is 23.4. The lowest BCUT2D eigenvalue weighted by molar-refractivity contribution is -0.247. The van der Waals surface area contributed by atoms with Crippen LogP contribution in [-0.4, -0.2) is 43.6 Å². The molecule has 2 atom stereocenters. The molecule has 0 N–H and O–H groups in total. The van der Waals surface area contributed by atoms with E-state index in [1.54, 1.807) is 6.92 Å². The zero-order chi connectivity index (χ0) is 16.1. The van der Waals surface area contributed by atoms with Gasteiger partial charge in [0.15, 0.2) is 5.79 Å². The second kappa shape index (κ2) is 7.53. The van der Waals surface area contributed by atoms with Gasteiger partial charge in [0.25, 0.3) is 0 Å². The van der Waals surface area contributed by atoms with E-state index in [4.69, 9.17) is 18.9 Å². The molecule has 1 aromatic carbocycles. The normalized spacial score (nSPS) is 26.5. The monoisotopic (exact) mass is 320 g/mol. The zero-order valence-corrected chi connectivity index (χ0v) is 13.5. The van der Waals surface area contributed by atoms with Crippen LogP contribution in [-0.2, 0) is 30.3 Å². The van der Waals surface area contributed by atoms with Gasteiger partial charge in [-0.15, -0.1) is 0 Å². The number of rotatable bonds is 6. The molecule has 0 saturated carbocycles. The van der Waals surface area contributed by atoms with E-state index >= 15 is 0 Å². The molecule has 3 rings (SSSR count). The Morgan fingerprint density at radius 2 is 1.87 bits per heavy atom. The Morgan fingerprint density at radius 1 is 1.17 bits per heavy atom. The van der Waals surface area contributed by atoms with E-state index in [0.717, 1.165) is 5.56 Å². The predicted molar refractivity (Wildman–Crippen MR) is 83.9 cm³/mol. The Balaban J connectivity index is 1.55. The van der Waals surface area contributed by atoms with E-state index in [0.29, 0.717) is 45.7 Å². The number of hydrogen-bond acceptors (Lipinski definition) is 5. The van der Waals surface area contributed by atoms with Crippen molar-refractivity contribution in [2.75, 3.05) is 19.8 Å². The Kier molecular flexibility index (Phi) is 5.43. The van der Waals surface area contributed by atoms with Gasteiger partial charge in [0.2, 0.25) is 0 Å². The first-order valence-electron chi connectivity index (χ1n) is 8.20. The summed E-state index contributed by atoms with van der Waals surface area (Å²) in [6.07, 6.45) is 1.38. The maximum Gasteiger partial charge on any atom is 0.173 e. The summed E-state index contributed by atoms with van der Waals surface area (Å²) in [5, 5.41) is 0. The van der Waals surface area contributed by atoms with Gasteiger partial charge in [-0.25, -0.2) is 0 Å². The number of hydrogen-bond donors (Lipinski definition) is 0. The Hall–Kier alpha value is -1.27. The minimum atomic E-state index is -0.598. The van der Waals surface area contributed by atoms with Gasteiger partial charge >= 0.3 is 0 Å². The summed E-state index contributed by atoms with van der Waals surface area (Å²) in [5.74, 6) is -0.479. The fourth-order valence-corrected chi connectivity index (χ4v) is 3.30. The largest absolute Gasteiger partial charge is 0.374 e. The van der Waals surface area contributed by atoms with Crippen LogP contribution in [0.5, 0.6) is 0 Å². The van der Waals surface area contributed by atoms with E-state index in [1.807, 2.05) is 30.3 Å². The second-order valence-corrected chi connectivity index (χ2v) is 6.30. The lowest BCUT2D eigenvalue weighted by Gasteiger charge is -2.40. The summed E-state index contributed by atoms with van der Waals surface area (Å²) in [6, 6.07) is 10.0. The molecule has 0 amide bonds. The van der Waals surface area contributed by atoms with E-state index in [-0.39, 0.29) is 18.0 Å². The molecular weight excluding hydrogens is 296 g/mol. The molecule has 2 fully saturated rings. The number of ketones is 1. The van der Waals surface area contributed by atoms with Gasteiger partial charge in [-0.1, -0.05) is 30.3 Å². The van der Waals surface area contributed by atoms with Gasteiger partial charge in [0.1, 0.15) is 5.78 Å². The highest BCUT2D eigenvalue weighted by Gasteiger charge is 2.46. The van der Waals surface area contributed by atoms with Gasteiger partial charge in [-0.2, -0.15) is 0 Å². The molecule has 1 spiro atoms. The average Bonchev–Trinajstić information content (AvgIpc) is 2.94. The molecule has 5 heteroatoms. The van der Waals surface area contributed by atoms with Crippen LogP contribution >= 0.6 is 0 Å². The van der Waals surface area contributed by atoms with Gasteiger partial charge in [0, 0.05) is 19.3 Å². The average molecular weight is 320 g/mol. The van der Waals surface area contributed by atoms with Crippen molar-refractivity contribution in [3.05, 3.63) is 35.9 Å². The van der Waals surface area contributed by atoms with Crippen molar-refractivity contribution in [1.29, 1.82) is 0 Å². The SMILES string of the molecule is CC(=O)C[C@H]1CC2(C[C@H](COCc3ccccc3)O1)OCCO2. The first-order valence-corrected chi connectivity index (χ1v) is 8.20. The van der Waals surface area contributed by atoms with Crippen LogP contribution in [0.25, 0.3) is 0 Å². The van der Waals surface area contributed by atoms with Gasteiger partial charge < -0.3 is 18.9 Å². The fourth-order valence-electron chi connectivity index (χ4n) is 3.30. The van der Waals surface area contributed by atoms with Crippen LogP contribution < -0.4 is 0 Å². The standard InChI is InChI=1S/C18H24O5/c1-14(19)9-16-10-18(21-7-8-22-18)11-17(23-16)13-20-12-15-5-3-2-4-6-15/h2-6,16-17H,7-13H2,1H3/t16-,17+/m0/s1. The van der Waals surface area contributed by atoms with E-state index in [9.17, 15) is 4.79 Å². The van der Waals surface area contributed by atoms with Crippen molar-refractivity contribution in [3.8, 4) is 0 Å². The highest BCUT2D eigenvalue weighted by Crippen LogP contribution is 2.37. The lowest BCUT2D eigenvalue weighted by Crippen LogP contribution is -2.48. The summed E-state index contributed by atoms with van der Waals surface area (Å²) in [4.78, 5) is 11.4. The van der Waals surface area contributed by atoms with Crippen molar-refractivity contribution in [2.24, 2.45) is 0 Å². The number of ether oxygens (including phenoxy) is 4. The maximum atomic E-state index is 11.4. The summed E-state index contributed by atoms with van der Waals surface area (Å²) in [6.45, 7) is 3.81. The molecular formula is C18H24O5. The number of carbonyl (C=O) groups is 1. The molecule has 126 valence electrons. The van der Waals surface area contributed by atoms with Gasteiger partial charge in [0.05, 0.1) is 38.6 Å². The van der Waals surface area contributed by atoms with Crippen LogP contribution in [0.1, 0.15) is 31.7 Å². The number of Topliss-reactive ketones (excluding diaryl/α,β-unsaturated/α-hetero) is 1. The molecule has 0 radical (unpaired) electrons. The third-order valence-corrected chi connectivity index (χ3v) is 4.21. The molecule has 2 aliphatic heterocycles. The third kappa shape index (κ3) is 4.61. The van der Waals surface area contributed by atoms with Crippen LogP contribution in [0.3, 0.4) is 0 Å². The van der Waals surface area contributed by atoms with Crippen molar-refractivity contribution in [2.45, 2.75) is 50.8 Å². The first-order chi connectivity index (χ1) is 11.2. The fraction of sp³-hybridized carbons (Fsp3) is 0.611. The Labute approximate surface area is 136 Å². The summed E-state index contributed by atoms with van der Waals surface area (Å²) >= 11 is 0. The van der Waals surface area contributed by atoms with Crippen LogP contribution in [0, 0.1) is 0 Å². The molecule has 0 unspecified atom stereocenters. The highest BCUT2D eigenvalue weighted by molar-refractivity contribution is 5.76. The molecule has 0 bridgehead atoms. The summed E-state index contributed by atoms with van der Waals surface area (Å²) in [5.41, 5.74) is 1.13. The topological polar surface area (TPSA) is 54.0 Å². The maximum absolute atomic E-state index is 11.4. The van der Waals surface area contributed by atoms with E-state index in [1.165, 1.54) is 0 Å². The smallest absolute Gasteiger partial charge is 0.173 e. The molecule has 0 aromatic heterocycles. The Bertz CT molecular complexity index is 509. The van der Waals surface area contributed by atoms with Crippen molar-refractivity contribution in [1.82, 2.24) is 0 Å². The molecule has 23 heavy (non-hydrogen) atoms. The Morgan fingerprint density at radius 3 is 2.57 bits per heavy atom. The van der Waals surface area contributed by atoms with Crippen LogP contribution in [0.4, 0.5) is 0 Å². The number of benzene rings is 1. The molecule has 2 saturated heterocycles. The number of carbonyl (C=O) groups excluding carboxylic acids is 1. The van der Waals surface area contributed by atoms with Crippen molar-refractivity contribution < 1.29 is 23.7 Å². The van der Waals surface area contributed by atoms with Crippen LogP contribution in [0.15, 0.2) is 30.3 Å². The zero-order valence-electron chi connectivity index (χ0n) is 13.5. The quantitative estimate of drug-likeness (QED) is 0.806. The predicted octanol–water partition coefficient (Wildman–Crippen LogP) is 2.47. The minimum absolute atomic E-state index is 0.116. The molecule has 1 aromatic rings. The minimum Gasteiger partial charge on any atom is -0.374 e. The van der Waals surface area contributed by atoms with Crippen molar-refractivity contribution in [3.63, 3.8) is 0 Å². The molecule has 5 nitrogen and oxygen atoms in total. The third-order valence-electron chi connectivity index (χ3n) is 4.21. The van der Waals surface area contributed by atoms with E-state index in [2.05, 4.69) is 0 Å². The summed E-state index contributed by atoms with van der Waals surface area (Å²) in [7, 11) is 0. The highest BCUT2D eigenvalue weighted by atomic mass is 16.7. The first kappa shape index (κ1) is 16.6. The molecule has 0 aliphatic carbocycles. The second-order valence-electron chi connectivity index (χ2n) is 6.30. The lowest BCUT2D eigenvalue weighted by atomic mass is 9.94. The van der Waals surface area contributed by atoms with Gasteiger partial charge in [-0.05, 0) is 12.5 Å². The van der Waals surface area contributed by atoms with Gasteiger partial charge in [-0.3, -0.25) is 4.79 Å². The van der Waals surface area contributed by atoms with E-state index < -0.39 is 5.79 Å². The van der Waals surface area contributed by atoms with Crippen molar-refractivity contribution >= 4 is 5.78 Å². The molecule has 2 heterocycles. The molecule has 2 aliphatic rings. The van der Waals surface area contributed by atoms with Crippen LogP contribution in [0.2, 0.25) is 0 Å².